The Balaban J connectivity index is 1.81. The molecule has 0 bridgehead atoms. The van der Waals surface area contributed by atoms with Crippen LogP contribution in [-0.2, 0) is 12.3 Å². The largest absolute Gasteiger partial charge is 0.356 e. The summed E-state index contributed by atoms with van der Waals surface area (Å²) in [5.41, 5.74) is 2.42. The smallest absolute Gasteiger partial charge is 0.129 e. The van der Waals surface area contributed by atoms with E-state index in [0.717, 1.165) is 30.5 Å². The molecule has 1 aliphatic carbocycles. The lowest BCUT2D eigenvalue weighted by molar-refractivity contribution is 0.494. The summed E-state index contributed by atoms with van der Waals surface area (Å²) < 4.78 is 0. The van der Waals surface area contributed by atoms with E-state index < -0.39 is 0 Å². The van der Waals surface area contributed by atoms with Crippen molar-refractivity contribution in [1.82, 2.24) is 4.98 Å². The molecule has 2 aliphatic rings. The number of pyridine rings is 1. The maximum absolute atomic E-state index is 6.03. The van der Waals surface area contributed by atoms with Gasteiger partial charge in [-0.3, -0.25) is 0 Å². The number of nitrogens with zero attached hydrogens (tertiary/aromatic N) is 2. The molecule has 0 N–H and O–H groups in total. The standard InChI is InChI=1S/C16H23ClN2/c1-2-4-15-7-12(9-17)8-16(18-15)19-10-13-5-3-6-14(13)11-19/h7-8,13-14H,2-6,9-11H2,1H3. The third kappa shape index (κ3) is 2.74. The molecular weight excluding hydrogens is 256 g/mol. The summed E-state index contributed by atoms with van der Waals surface area (Å²) in [6.07, 6.45) is 6.46. The van der Waals surface area contributed by atoms with Gasteiger partial charge in [0.15, 0.2) is 0 Å². The topological polar surface area (TPSA) is 16.1 Å². The summed E-state index contributed by atoms with van der Waals surface area (Å²) in [6.45, 7) is 4.61. The van der Waals surface area contributed by atoms with E-state index >= 15 is 0 Å². The molecule has 2 atom stereocenters. The highest BCUT2D eigenvalue weighted by molar-refractivity contribution is 6.17. The van der Waals surface area contributed by atoms with Gasteiger partial charge >= 0.3 is 0 Å². The highest BCUT2D eigenvalue weighted by Gasteiger charge is 2.36. The minimum absolute atomic E-state index is 0.590. The molecule has 2 unspecified atom stereocenters. The van der Waals surface area contributed by atoms with Gasteiger partial charge in [0.1, 0.15) is 5.82 Å². The third-order valence-electron chi connectivity index (χ3n) is 4.64. The van der Waals surface area contributed by atoms with Crippen molar-refractivity contribution < 1.29 is 0 Å². The number of fused-ring (bicyclic) bond motifs is 1. The Morgan fingerprint density at radius 2 is 2.00 bits per heavy atom. The molecule has 1 saturated heterocycles. The van der Waals surface area contributed by atoms with E-state index in [4.69, 9.17) is 16.6 Å². The molecule has 1 aromatic heterocycles. The summed E-state index contributed by atoms with van der Waals surface area (Å²) in [6, 6.07) is 4.35. The quantitative estimate of drug-likeness (QED) is 0.774. The van der Waals surface area contributed by atoms with Crippen molar-refractivity contribution in [2.45, 2.75) is 44.9 Å². The highest BCUT2D eigenvalue weighted by atomic mass is 35.5. The summed E-state index contributed by atoms with van der Waals surface area (Å²) in [5.74, 6) is 3.58. The van der Waals surface area contributed by atoms with Gasteiger partial charge in [-0.2, -0.15) is 0 Å². The van der Waals surface area contributed by atoms with Gasteiger partial charge in [0.2, 0.25) is 0 Å². The second-order valence-electron chi connectivity index (χ2n) is 6.06. The predicted octanol–water partition coefficient (Wildman–Crippen LogP) is 4.01. The van der Waals surface area contributed by atoms with Gasteiger partial charge in [0.25, 0.3) is 0 Å². The third-order valence-corrected chi connectivity index (χ3v) is 4.94. The van der Waals surface area contributed by atoms with Crippen LogP contribution in [0.4, 0.5) is 5.82 Å². The molecular formula is C16H23ClN2. The second-order valence-corrected chi connectivity index (χ2v) is 6.33. The first kappa shape index (κ1) is 13.2. The molecule has 0 radical (unpaired) electrons. The summed E-state index contributed by atoms with van der Waals surface area (Å²) in [4.78, 5) is 7.34. The average molecular weight is 279 g/mol. The van der Waals surface area contributed by atoms with E-state index in [1.807, 2.05) is 0 Å². The zero-order valence-electron chi connectivity index (χ0n) is 11.7. The SMILES string of the molecule is CCCc1cc(CCl)cc(N2CC3CCCC3C2)n1. The van der Waals surface area contributed by atoms with Crippen molar-refractivity contribution in [3.63, 3.8) is 0 Å². The molecule has 1 aromatic rings. The monoisotopic (exact) mass is 278 g/mol. The second kappa shape index (κ2) is 5.70. The van der Waals surface area contributed by atoms with Crippen LogP contribution >= 0.6 is 11.6 Å². The lowest BCUT2D eigenvalue weighted by Gasteiger charge is -2.20. The van der Waals surface area contributed by atoms with Gasteiger partial charge < -0.3 is 4.90 Å². The van der Waals surface area contributed by atoms with E-state index in [9.17, 15) is 0 Å². The van der Waals surface area contributed by atoms with Crippen molar-refractivity contribution >= 4 is 17.4 Å². The highest BCUT2D eigenvalue weighted by Crippen LogP contribution is 2.39. The maximum Gasteiger partial charge on any atom is 0.129 e. The summed E-state index contributed by atoms with van der Waals surface area (Å²) in [5, 5.41) is 0. The average Bonchev–Trinajstić information content (AvgIpc) is 2.99. The fourth-order valence-corrected chi connectivity index (χ4v) is 3.83. The van der Waals surface area contributed by atoms with Crippen LogP contribution in [0.15, 0.2) is 12.1 Å². The van der Waals surface area contributed by atoms with Crippen molar-refractivity contribution in [2.75, 3.05) is 18.0 Å². The first-order chi connectivity index (χ1) is 9.30. The van der Waals surface area contributed by atoms with Crippen LogP contribution in [0.3, 0.4) is 0 Å². The molecule has 0 spiro atoms. The number of anilines is 1. The van der Waals surface area contributed by atoms with Crippen LogP contribution in [0.5, 0.6) is 0 Å². The predicted molar refractivity (Wildman–Crippen MR) is 80.8 cm³/mol. The fourth-order valence-electron chi connectivity index (χ4n) is 3.68. The van der Waals surface area contributed by atoms with E-state index in [1.165, 1.54) is 43.6 Å². The zero-order chi connectivity index (χ0) is 13.2. The summed E-state index contributed by atoms with van der Waals surface area (Å²) >= 11 is 6.03. The molecule has 1 saturated carbocycles. The van der Waals surface area contributed by atoms with Gasteiger partial charge in [-0.1, -0.05) is 19.8 Å². The van der Waals surface area contributed by atoms with E-state index in [-0.39, 0.29) is 0 Å². The first-order valence-electron chi connectivity index (χ1n) is 7.61. The normalized spacial score (nSPS) is 25.9. The Kier molecular flexibility index (Phi) is 3.97. The van der Waals surface area contributed by atoms with Gasteiger partial charge in [0.05, 0.1) is 0 Å². The minimum Gasteiger partial charge on any atom is -0.356 e. The molecule has 0 aromatic carbocycles. The van der Waals surface area contributed by atoms with Crippen molar-refractivity contribution in [2.24, 2.45) is 11.8 Å². The lowest BCUT2D eigenvalue weighted by Crippen LogP contribution is -2.22. The van der Waals surface area contributed by atoms with E-state index in [0.29, 0.717) is 5.88 Å². The molecule has 2 nitrogen and oxygen atoms in total. The Bertz CT molecular complexity index is 434. The number of aromatic nitrogens is 1. The minimum atomic E-state index is 0.590. The molecule has 2 fully saturated rings. The molecule has 104 valence electrons. The first-order valence-corrected chi connectivity index (χ1v) is 8.14. The van der Waals surface area contributed by atoms with Crippen molar-refractivity contribution in [1.29, 1.82) is 0 Å². The van der Waals surface area contributed by atoms with Gasteiger partial charge in [-0.05, 0) is 48.8 Å². The van der Waals surface area contributed by atoms with E-state index in [2.05, 4.69) is 24.0 Å². The van der Waals surface area contributed by atoms with Gasteiger partial charge in [0, 0.05) is 24.7 Å². The molecule has 1 aliphatic heterocycles. The van der Waals surface area contributed by atoms with Crippen molar-refractivity contribution in [3.8, 4) is 0 Å². The maximum atomic E-state index is 6.03. The Morgan fingerprint density at radius 1 is 1.26 bits per heavy atom. The van der Waals surface area contributed by atoms with Gasteiger partial charge in [-0.25, -0.2) is 4.98 Å². The molecule has 3 heteroatoms. The van der Waals surface area contributed by atoms with Crippen LogP contribution < -0.4 is 4.90 Å². The van der Waals surface area contributed by atoms with Crippen LogP contribution in [0.2, 0.25) is 0 Å². The summed E-state index contributed by atoms with van der Waals surface area (Å²) in [7, 11) is 0. The van der Waals surface area contributed by atoms with Crippen LogP contribution in [0.1, 0.15) is 43.9 Å². The van der Waals surface area contributed by atoms with E-state index in [1.54, 1.807) is 0 Å². The Morgan fingerprint density at radius 3 is 2.63 bits per heavy atom. The number of halogens is 1. The molecule has 2 heterocycles. The molecule has 0 amide bonds. The van der Waals surface area contributed by atoms with Crippen LogP contribution in [-0.4, -0.2) is 18.1 Å². The van der Waals surface area contributed by atoms with Gasteiger partial charge in [-0.15, -0.1) is 11.6 Å². The molecule has 19 heavy (non-hydrogen) atoms. The number of alkyl halides is 1. The Hall–Kier alpha value is -0.760. The zero-order valence-corrected chi connectivity index (χ0v) is 12.5. The Labute approximate surface area is 121 Å². The molecule has 3 rings (SSSR count). The van der Waals surface area contributed by atoms with Crippen molar-refractivity contribution in [3.05, 3.63) is 23.4 Å². The fraction of sp³-hybridized carbons (Fsp3) is 0.688. The number of hydrogen-bond acceptors (Lipinski definition) is 2. The number of aryl methyl sites for hydroxylation is 1. The van der Waals surface area contributed by atoms with Crippen LogP contribution in [0, 0.1) is 11.8 Å². The lowest BCUT2D eigenvalue weighted by atomic mass is 10.0. The number of rotatable bonds is 4. The number of hydrogen-bond donors (Lipinski definition) is 0. The van der Waals surface area contributed by atoms with Crippen LogP contribution in [0.25, 0.3) is 0 Å².